The summed E-state index contributed by atoms with van der Waals surface area (Å²) in [6.07, 6.45) is 8.23. The van der Waals surface area contributed by atoms with Gasteiger partial charge in [-0.3, -0.25) is 0 Å². The Balaban J connectivity index is 2.37. The van der Waals surface area contributed by atoms with Crippen LogP contribution >= 0.6 is 0 Å². The molecular weight excluding hydrogens is 222 g/mol. The summed E-state index contributed by atoms with van der Waals surface area (Å²) in [6, 6.07) is 0. The maximum absolute atomic E-state index is 5.71. The minimum Gasteiger partial charge on any atom is -0.381 e. The summed E-state index contributed by atoms with van der Waals surface area (Å²) in [5.41, 5.74) is 0. The molecule has 1 aliphatic carbocycles. The van der Waals surface area contributed by atoms with Crippen molar-refractivity contribution in [2.45, 2.75) is 59.3 Å². The molecule has 0 radical (unpaired) electrons. The smallest absolute Gasteiger partial charge is 0.0497 e. The third-order valence-electron chi connectivity index (χ3n) is 4.31. The van der Waals surface area contributed by atoms with Crippen LogP contribution in [0.5, 0.6) is 0 Å². The molecule has 3 unspecified atom stereocenters. The van der Waals surface area contributed by atoms with Crippen LogP contribution in [0, 0.1) is 17.8 Å². The van der Waals surface area contributed by atoms with E-state index in [1.54, 1.807) is 0 Å². The average Bonchev–Trinajstić information content (AvgIpc) is 2.39. The SMILES string of the molecule is CCCNCC1CCC(CCC)CC1COCC. The zero-order valence-electron chi connectivity index (χ0n) is 12.7. The minimum absolute atomic E-state index is 0.791. The molecule has 0 aromatic rings. The Bertz CT molecular complexity index is 196. The Morgan fingerprint density at radius 1 is 1.06 bits per heavy atom. The van der Waals surface area contributed by atoms with Crippen molar-refractivity contribution < 1.29 is 4.74 Å². The van der Waals surface area contributed by atoms with E-state index in [9.17, 15) is 0 Å². The van der Waals surface area contributed by atoms with Crippen LogP contribution in [0.15, 0.2) is 0 Å². The summed E-state index contributed by atoms with van der Waals surface area (Å²) in [5.74, 6) is 2.60. The predicted molar refractivity (Wildman–Crippen MR) is 78.9 cm³/mol. The zero-order valence-corrected chi connectivity index (χ0v) is 12.7. The molecule has 0 aromatic heterocycles. The lowest BCUT2D eigenvalue weighted by atomic mass is 9.73. The topological polar surface area (TPSA) is 21.3 Å². The van der Waals surface area contributed by atoms with Crippen LogP contribution in [-0.4, -0.2) is 26.3 Å². The number of ether oxygens (including phenoxy) is 1. The fraction of sp³-hybridized carbons (Fsp3) is 1.00. The van der Waals surface area contributed by atoms with Crippen molar-refractivity contribution in [3.05, 3.63) is 0 Å². The highest BCUT2D eigenvalue weighted by Crippen LogP contribution is 2.36. The molecule has 0 heterocycles. The first-order chi connectivity index (χ1) is 8.81. The quantitative estimate of drug-likeness (QED) is 0.632. The van der Waals surface area contributed by atoms with E-state index in [-0.39, 0.29) is 0 Å². The molecule has 0 aliphatic heterocycles. The molecule has 2 nitrogen and oxygen atoms in total. The zero-order chi connectivity index (χ0) is 13.2. The van der Waals surface area contributed by atoms with Gasteiger partial charge in [0, 0.05) is 13.2 Å². The fourth-order valence-corrected chi connectivity index (χ4v) is 3.30. The standard InChI is InChI=1S/C16H33NO/c1-4-7-14-8-9-15(12-17-10-5-2)16(11-14)13-18-6-3/h14-17H,4-13H2,1-3H3. The predicted octanol–water partition coefficient (Wildman–Crippen LogP) is 3.86. The van der Waals surface area contributed by atoms with E-state index < -0.39 is 0 Å². The van der Waals surface area contributed by atoms with Gasteiger partial charge in [-0.2, -0.15) is 0 Å². The Hall–Kier alpha value is -0.0800. The number of rotatable bonds is 9. The van der Waals surface area contributed by atoms with E-state index >= 15 is 0 Å². The van der Waals surface area contributed by atoms with Crippen LogP contribution in [0.1, 0.15) is 59.3 Å². The summed E-state index contributed by atoms with van der Waals surface area (Å²) in [5, 5.41) is 3.60. The molecule has 3 atom stereocenters. The molecule has 108 valence electrons. The molecule has 1 aliphatic rings. The fourth-order valence-electron chi connectivity index (χ4n) is 3.30. The maximum Gasteiger partial charge on any atom is 0.0497 e. The van der Waals surface area contributed by atoms with Gasteiger partial charge in [-0.15, -0.1) is 0 Å². The third-order valence-corrected chi connectivity index (χ3v) is 4.31. The molecule has 0 bridgehead atoms. The average molecular weight is 255 g/mol. The molecule has 1 saturated carbocycles. The van der Waals surface area contributed by atoms with Crippen molar-refractivity contribution >= 4 is 0 Å². The van der Waals surface area contributed by atoms with Crippen LogP contribution in [0.25, 0.3) is 0 Å². The summed E-state index contributed by atoms with van der Waals surface area (Å²) in [6.45, 7) is 10.9. The van der Waals surface area contributed by atoms with Gasteiger partial charge in [-0.1, -0.05) is 33.1 Å². The molecule has 18 heavy (non-hydrogen) atoms. The van der Waals surface area contributed by atoms with Crippen molar-refractivity contribution in [2.24, 2.45) is 17.8 Å². The van der Waals surface area contributed by atoms with Gasteiger partial charge >= 0.3 is 0 Å². The van der Waals surface area contributed by atoms with Crippen LogP contribution in [0.3, 0.4) is 0 Å². The van der Waals surface area contributed by atoms with Crippen LogP contribution in [0.4, 0.5) is 0 Å². The molecule has 1 rings (SSSR count). The monoisotopic (exact) mass is 255 g/mol. The van der Waals surface area contributed by atoms with Gasteiger partial charge in [0.15, 0.2) is 0 Å². The maximum atomic E-state index is 5.71. The lowest BCUT2D eigenvalue weighted by Crippen LogP contribution is -2.35. The van der Waals surface area contributed by atoms with Crippen molar-refractivity contribution in [1.29, 1.82) is 0 Å². The number of hydrogen-bond acceptors (Lipinski definition) is 2. The largest absolute Gasteiger partial charge is 0.381 e. The minimum atomic E-state index is 0.791. The molecule has 1 N–H and O–H groups in total. The molecule has 1 fully saturated rings. The molecule has 0 saturated heterocycles. The summed E-state index contributed by atoms with van der Waals surface area (Å²) >= 11 is 0. The molecule has 2 heteroatoms. The van der Waals surface area contributed by atoms with Gasteiger partial charge in [0.1, 0.15) is 0 Å². The lowest BCUT2D eigenvalue weighted by Gasteiger charge is -2.36. The highest BCUT2D eigenvalue weighted by atomic mass is 16.5. The highest BCUT2D eigenvalue weighted by Gasteiger charge is 2.29. The van der Waals surface area contributed by atoms with E-state index in [1.165, 1.54) is 45.1 Å². The second-order valence-electron chi connectivity index (χ2n) is 5.85. The summed E-state index contributed by atoms with van der Waals surface area (Å²) < 4.78 is 5.71. The molecule has 0 aromatic carbocycles. The highest BCUT2D eigenvalue weighted by molar-refractivity contribution is 4.81. The first-order valence-corrected chi connectivity index (χ1v) is 8.10. The molecular formula is C16H33NO. The summed E-state index contributed by atoms with van der Waals surface area (Å²) in [7, 11) is 0. The van der Waals surface area contributed by atoms with E-state index in [0.29, 0.717) is 0 Å². The van der Waals surface area contributed by atoms with Gasteiger partial charge < -0.3 is 10.1 Å². The van der Waals surface area contributed by atoms with Gasteiger partial charge in [-0.05, 0) is 57.0 Å². The van der Waals surface area contributed by atoms with E-state index in [2.05, 4.69) is 26.1 Å². The van der Waals surface area contributed by atoms with E-state index in [0.717, 1.165) is 37.5 Å². The van der Waals surface area contributed by atoms with Crippen molar-refractivity contribution in [3.8, 4) is 0 Å². The van der Waals surface area contributed by atoms with Crippen LogP contribution < -0.4 is 5.32 Å². The van der Waals surface area contributed by atoms with Crippen molar-refractivity contribution in [2.75, 3.05) is 26.3 Å². The van der Waals surface area contributed by atoms with Gasteiger partial charge in [0.2, 0.25) is 0 Å². The van der Waals surface area contributed by atoms with Crippen LogP contribution in [0.2, 0.25) is 0 Å². The second-order valence-corrected chi connectivity index (χ2v) is 5.85. The van der Waals surface area contributed by atoms with E-state index in [4.69, 9.17) is 4.74 Å². The Kier molecular flexibility index (Phi) is 8.70. The third kappa shape index (κ3) is 5.71. The van der Waals surface area contributed by atoms with Gasteiger partial charge in [-0.25, -0.2) is 0 Å². The second kappa shape index (κ2) is 9.80. The molecule has 0 amide bonds. The number of nitrogens with one attached hydrogen (secondary N) is 1. The van der Waals surface area contributed by atoms with Crippen LogP contribution in [-0.2, 0) is 4.74 Å². The lowest BCUT2D eigenvalue weighted by molar-refractivity contribution is 0.0493. The first kappa shape index (κ1) is 16.0. The Morgan fingerprint density at radius 3 is 2.56 bits per heavy atom. The Morgan fingerprint density at radius 2 is 1.89 bits per heavy atom. The summed E-state index contributed by atoms with van der Waals surface area (Å²) in [4.78, 5) is 0. The van der Waals surface area contributed by atoms with E-state index in [1.807, 2.05) is 0 Å². The van der Waals surface area contributed by atoms with Gasteiger partial charge in [0.05, 0.1) is 0 Å². The number of hydrogen-bond donors (Lipinski definition) is 1. The van der Waals surface area contributed by atoms with Crippen molar-refractivity contribution in [3.63, 3.8) is 0 Å². The van der Waals surface area contributed by atoms with Gasteiger partial charge in [0.25, 0.3) is 0 Å². The van der Waals surface area contributed by atoms with Crippen molar-refractivity contribution in [1.82, 2.24) is 5.32 Å². The normalized spacial score (nSPS) is 28.5. The first-order valence-electron chi connectivity index (χ1n) is 8.10. The Labute approximate surface area is 114 Å². The molecule has 0 spiro atoms.